The van der Waals surface area contributed by atoms with Crippen LogP contribution in [-0.2, 0) is 6.42 Å². The average molecular weight is 300 g/mol. The van der Waals surface area contributed by atoms with Crippen molar-refractivity contribution < 1.29 is 4.42 Å². The van der Waals surface area contributed by atoms with Crippen LogP contribution in [0.25, 0.3) is 33.7 Å². The molecule has 3 heteroatoms. The minimum Gasteiger partial charge on any atom is -0.416 e. The van der Waals surface area contributed by atoms with Crippen LogP contribution >= 0.6 is 0 Å². The Morgan fingerprint density at radius 1 is 0.783 bits per heavy atom. The number of hydrogen-bond donors (Lipinski definition) is 0. The summed E-state index contributed by atoms with van der Waals surface area (Å²) in [4.78, 5) is 0. The molecule has 0 spiro atoms. The number of hydrogen-bond acceptors (Lipinski definition) is 3. The van der Waals surface area contributed by atoms with Gasteiger partial charge in [-0.25, -0.2) is 0 Å². The Balaban J connectivity index is 1.77. The summed E-state index contributed by atoms with van der Waals surface area (Å²) in [5.41, 5.74) is 3.20. The van der Waals surface area contributed by atoms with Crippen molar-refractivity contribution >= 4 is 10.8 Å². The Kier molecular flexibility index (Phi) is 3.39. The average Bonchev–Trinajstić information content (AvgIpc) is 3.11. The number of fused-ring (bicyclic) bond motifs is 1. The van der Waals surface area contributed by atoms with Crippen molar-refractivity contribution in [1.82, 2.24) is 10.2 Å². The minimum absolute atomic E-state index is 0.551. The van der Waals surface area contributed by atoms with Crippen molar-refractivity contribution in [2.45, 2.75) is 13.3 Å². The lowest BCUT2D eigenvalue weighted by atomic mass is 10.0. The van der Waals surface area contributed by atoms with Gasteiger partial charge >= 0.3 is 0 Å². The second-order valence-corrected chi connectivity index (χ2v) is 5.49. The zero-order chi connectivity index (χ0) is 15.6. The van der Waals surface area contributed by atoms with Crippen molar-refractivity contribution in [1.29, 1.82) is 0 Å². The largest absolute Gasteiger partial charge is 0.416 e. The van der Waals surface area contributed by atoms with E-state index in [1.54, 1.807) is 0 Å². The van der Waals surface area contributed by atoms with Gasteiger partial charge in [-0.2, -0.15) is 0 Å². The van der Waals surface area contributed by atoms with Crippen LogP contribution in [0.5, 0.6) is 0 Å². The summed E-state index contributed by atoms with van der Waals surface area (Å²) in [6.07, 6.45) is 1.02. The van der Waals surface area contributed by atoms with Crippen LogP contribution in [-0.4, -0.2) is 10.2 Å². The molecule has 3 nitrogen and oxygen atoms in total. The second-order valence-electron chi connectivity index (χ2n) is 5.49. The summed E-state index contributed by atoms with van der Waals surface area (Å²) in [6, 6.07) is 22.6. The molecule has 0 saturated carbocycles. The van der Waals surface area contributed by atoms with E-state index in [4.69, 9.17) is 4.42 Å². The lowest BCUT2D eigenvalue weighted by Crippen LogP contribution is -1.81. The molecule has 0 atom stereocenters. The number of aryl methyl sites for hydroxylation is 1. The molecule has 3 aromatic carbocycles. The molecular formula is C20H16N2O. The van der Waals surface area contributed by atoms with Gasteiger partial charge in [-0.15, -0.1) is 10.2 Å². The number of nitrogens with zero attached hydrogens (tertiary/aromatic N) is 2. The molecule has 0 aliphatic heterocycles. The maximum Gasteiger partial charge on any atom is 0.248 e. The van der Waals surface area contributed by atoms with Gasteiger partial charge in [0.2, 0.25) is 11.8 Å². The first kappa shape index (κ1) is 13.7. The molecule has 0 radical (unpaired) electrons. The normalized spacial score (nSPS) is 11.0. The highest BCUT2D eigenvalue weighted by Crippen LogP contribution is 2.29. The Morgan fingerprint density at radius 3 is 2.35 bits per heavy atom. The monoisotopic (exact) mass is 300 g/mol. The number of aromatic nitrogens is 2. The van der Waals surface area contributed by atoms with Crippen molar-refractivity contribution in [3.8, 4) is 22.9 Å². The predicted octanol–water partition coefficient (Wildman–Crippen LogP) is 5.12. The zero-order valence-electron chi connectivity index (χ0n) is 12.9. The van der Waals surface area contributed by atoms with Gasteiger partial charge in [0, 0.05) is 11.1 Å². The minimum atomic E-state index is 0.551. The fourth-order valence-corrected chi connectivity index (χ4v) is 2.74. The molecular weight excluding hydrogens is 284 g/mol. The molecule has 0 aliphatic carbocycles. The first-order valence-electron chi connectivity index (χ1n) is 7.76. The first-order chi connectivity index (χ1) is 11.3. The molecule has 1 aromatic heterocycles. The molecule has 4 aromatic rings. The molecule has 0 amide bonds. The van der Waals surface area contributed by atoms with E-state index < -0.39 is 0 Å². The fourth-order valence-electron chi connectivity index (χ4n) is 2.74. The third-order valence-electron chi connectivity index (χ3n) is 4.05. The Bertz CT molecular complexity index is 949. The Labute approximate surface area is 134 Å². The van der Waals surface area contributed by atoms with Crippen LogP contribution in [0.15, 0.2) is 71.1 Å². The van der Waals surface area contributed by atoms with E-state index in [1.165, 1.54) is 5.56 Å². The molecule has 4 rings (SSSR count). The Morgan fingerprint density at radius 2 is 1.52 bits per heavy atom. The molecule has 0 saturated heterocycles. The van der Waals surface area contributed by atoms with E-state index in [0.717, 1.165) is 28.3 Å². The summed E-state index contributed by atoms with van der Waals surface area (Å²) in [6.45, 7) is 2.14. The van der Waals surface area contributed by atoms with Gasteiger partial charge in [0.1, 0.15) is 0 Å². The molecule has 0 unspecified atom stereocenters. The highest BCUT2D eigenvalue weighted by atomic mass is 16.4. The van der Waals surface area contributed by atoms with Crippen LogP contribution in [0, 0.1) is 0 Å². The standard InChI is InChI=1S/C20H16N2O/c1-2-14-10-12-16(13-11-14)19-21-22-20(23-19)18-9-5-7-15-6-3-4-8-17(15)18/h3-13H,2H2,1H3. The third-order valence-corrected chi connectivity index (χ3v) is 4.05. The van der Waals surface area contributed by atoms with Gasteiger partial charge < -0.3 is 4.42 Å². The van der Waals surface area contributed by atoms with Crippen LogP contribution in [0.2, 0.25) is 0 Å². The van der Waals surface area contributed by atoms with E-state index in [1.807, 2.05) is 36.4 Å². The van der Waals surface area contributed by atoms with E-state index in [0.29, 0.717) is 11.8 Å². The summed E-state index contributed by atoms with van der Waals surface area (Å²) < 4.78 is 5.92. The number of rotatable bonds is 3. The smallest absolute Gasteiger partial charge is 0.248 e. The third kappa shape index (κ3) is 2.50. The van der Waals surface area contributed by atoms with Gasteiger partial charge in [0.25, 0.3) is 0 Å². The van der Waals surface area contributed by atoms with Crippen LogP contribution in [0.1, 0.15) is 12.5 Å². The summed E-state index contributed by atoms with van der Waals surface area (Å²) >= 11 is 0. The van der Waals surface area contributed by atoms with Crippen molar-refractivity contribution in [3.63, 3.8) is 0 Å². The van der Waals surface area contributed by atoms with Crippen LogP contribution in [0.3, 0.4) is 0 Å². The van der Waals surface area contributed by atoms with Gasteiger partial charge in [-0.05, 0) is 41.0 Å². The fraction of sp³-hybridized carbons (Fsp3) is 0.100. The molecule has 0 aliphatic rings. The van der Waals surface area contributed by atoms with Crippen molar-refractivity contribution in [2.24, 2.45) is 0 Å². The van der Waals surface area contributed by atoms with Gasteiger partial charge in [-0.3, -0.25) is 0 Å². The SMILES string of the molecule is CCc1ccc(-c2nnc(-c3cccc4ccccc34)o2)cc1. The molecule has 112 valence electrons. The van der Waals surface area contributed by atoms with E-state index in [2.05, 4.69) is 47.5 Å². The topological polar surface area (TPSA) is 38.9 Å². The molecule has 1 heterocycles. The number of benzene rings is 3. The summed E-state index contributed by atoms with van der Waals surface area (Å²) in [5, 5.41) is 10.7. The van der Waals surface area contributed by atoms with Crippen molar-refractivity contribution in [2.75, 3.05) is 0 Å². The maximum atomic E-state index is 5.92. The quantitative estimate of drug-likeness (QED) is 0.527. The summed E-state index contributed by atoms with van der Waals surface area (Å²) in [7, 11) is 0. The van der Waals surface area contributed by atoms with E-state index >= 15 is 0 Å². The van der Waals surface area contributed by atoms with Crippen LogP contribution < -0.4 is 0 Å². The lowest BCUT2D eigenvalue weighted by Gasteiger charge is -2.02. The van der Waals surface area contributed by atoms with Gasteiger partial charge in [0.15, 0.2) is 0 Å². The van der Waals surface area contributed by atoms with Crippen LogP contribution in [0.4, 0.5) is 0 Å². The van der Waals surface area contributed by atoms with Gasteiger partial charge in [0.05, 0.1) is 0 Å². The van der Waals surface area contributed by atoms with E-state index in [-0.39, 0.29) is 0 Å². The van der Waals surface area contributed by atoms with Gasteiger partial charge in [-0.1, -0.05) is 55.5 Å². The second kappa shape index (κ2) is 5.69. The first-order valence-corrected chi connectivity index (χ1v) is 7.76. The molecule has 0 bridgehead atoms. The van der Waals surface area contributed by atoms with Crippen molar-refractivity contribution in [3.05, 3.63) is 72.3 Å². The highest BCUT2D eigenvalue weighted by molar-refractivity contribution is 5.94. The highest BCUT2D eigenvalue weighted by Gasteiger charge is 2.12. The summed E-state index contributed by atoms with van der Waals surface area (Å²) in [5.74, 6) is 1.10. The molecule has 23 heavy (non-hydrogen) atoms. The predicted molar refractivity (Wildman–Crippen MR) is 92.1 cm³/mol. The zero-order valence-corrected chi connectivity index (χ0v) is 12.9. The Hall–Kier alpha value is -2.94. The van der Waals surface area contributed by atoms with E-state index in [9.17, 15) is 0 Å². The molecule has 0 fully saturated rings. The molecule has 0 N–H and O–H groups in total. The maximum absolute atomic E-state index is 5.92. The lowest BCUT2D eigenvalue weighted by molar-refractivity contribution is 0.585.